The topological polar surface area (TPSA) is 72.5 Å². The number of aromatic nitrogens is 1. The molecular formula is C19H17N3O3S. The van der Waals surface area contributed by atoms with Crippen molar-refractivity contribution in [1.82, 2.24) is 10.3 Å². The summed E-state index contributed by atoms with van der Waals surface area (Å²) in [7, 11) is 0. The third kappa shape index (κ3) is 3.48. The molecular weight excluding hydrogens is 350 g/mol. The molecule has 132 valence electrons. The van der Waals surface area contributed by atoms with Crippen molar-refractivity contribution >= 4 is 23.1 Å². The van der Waals surface area contributed by atoms with Crippen LogP contribution in [0.5, 0.6) is 11.5 Å². The summed E-state index contributed by atoms with van der Waals surface area (Å²) in [5.74, 6) is 1.43. The van der Waals surface area contributed by atoms with Crippen LogP contribution < -0.4 is 20.1 Å². The normalized spacial score (nSPS) is 13.3. The Labute approximate surface area is 154 Å². The van der Waals surface area contributed by atoms with Crippen LogP contribution in [0.3, 0.4) is 0 Å². The van der Waals surface area contributed by atoms with Gasteiger partial charge >= 0.3 is 6.03 Å². The predicted molar refractivity (Wildman–Crippen MR) is 101 cm³/mol. The summed E-state index contributed by atoms with van der Waals surface area (Å²) in [5, 5.41) is 8.66. The number of benzene rings is 2. The number of amides is 2. The number of nitrogens with zero attached hydrogens (tertiary/aromatic N) is 1. The molecule has 2 amide bonds. The SMILES string of the molecule is CC(NC(=O)Nc1ccc(-c2nccs2)cc1)c1ccc2c(c1)OCO2. The summed E-state index contributed by atoms with van der Waals surface area (Å²) in [6, 6.07) is 12.8. The number of rotatable bonds is 4. The molecule has 0 radical (unpaired) electrons. The molecule has 6 nitrogen and oxygen atoms in total. The van der Waals surface area contributed by atoms with Gasteiger partial charge in [-0.15, -0.1) is 11.3 Å². The molecule has 1 atom stereocenters. The lowest BCUT2D eigenvalue weighted by Gasteiger charge is -2.15. The number of hydrogen-bond donors (Lipinski definition) is 2. The number of carbonyl (C=O) groups excluding carboxylic acids is 1. The van der Waals surface area contributed by atoms with E-state index in [9.17, 15) is 4.79 Å². The average molecular weight is 367 g/mol. The van der Waals surface area contributed by atoms with Crippen molar-refractivity contribution in [2.24, 2.45) is 0 Å². The molecule has 0 spiro atoms. The lowest BCUT2D eigenvalue weighted by molar-refractivity contribution is 0.174. The van der Waals surface area contributed by atoms with E-state index >= 15 is 0 Å². The third-order valence-corrected chi connectivity index (χ3v) is 4.89. The van der Waals surface area contributed by atoms with Crippen molar-refractivity contribution < 1.29 is 14.3 Å². The standard InChI is InChI=1S/C19H17N3O3S/c1-12(14-4-7-16-17(10-14)25-11-24-16)21-19(23)22-15-5-2-13(3-6-15)18-20-8-9-26-18/h2-10,12H,11H2,1H3,(H2,21,22,23). The first-order chi connectivity index (χ1) is 12.7. The fourth-order valence-electron chi connectivity index (χ4n) is 2.69. The van der Waals surface area contributed by atoms with Crippen molar-refractivity contribution in [1.29, 1.82) is 0 Å². The summed E-state index contributed by atoms with van der Waals surface area (Å²) in [5.41, 5.74) is 2.70. The summed E-state index contributed by atoms with van der Waals surface area (Å²) in [6.07, 6.45) is 1.77. The molecule has 0 bridgehead atoms. The maximum atomic E-state index is 12.3. The van der Waals surface area contributed by atoms with Crippen LogP contribution in [0.15, 0.2) is 54.0 Å². The van der Waals surface area contributed by atoms with E-state index in [1.54, 1.807) is 17.5 Å². The molecule has 0 saturated carbocycles. The molecule has 0 fully saturated rings. The molecule has 2 aromatic carbocycles. The van der Waals surface area contributed by atoms with Gasteiger partial charge < -0.3 is 20.1 Å². The van der Waals surface area contributed by atoms with E-state index in [1.807, 2.05) is 54.8 Å². The fraction of sp³-hybridized carbons (Fsp3) is 0.158. The minimum atomic E-state index is -0.267. The van der Waals surface area contributed by atoms with E-state index in [1.165, 1.54) is 0 Å². The quantitative estimate of drug-likeness (QED) is 0.716. The van der Waals surface area contributed by atoms with E-state index in [4.69, 9.17) is 9.47 Å². The highest BCUT2D eigenvalue weighted by atomic mass is 32.1. The molecule has 1 aliphatic heterocycles. The zero-order valence-corrected chi connectivity index (χ0v) is 14.9. The predicted octanol–water partition coefficient (Wildman–Crippen LogP) is 4.42. The van der Waals surface area contributed by atoms with Crippen LogP contribution in [0, 0.1) is 0 Å². The highest BCUT2D eigenvalue weighted by Crippen LogP contribution is 2.34. The van der Waals surface area contributed by atoms with Crippen molar-refractivity contribution in [3.05, 3.63) is 59.6 Å². The minimum Gasteiger partial charge on any atom is -0.454 e. The maximum Gasteiger partial charge on any atom is 0.319 e. The highest BCUT2D eigenvalue weighted by Gasteiger charge is 2.16. The second-order valence-electron chi connectivity index (χ2n) is 5.85. The molecule has 4 rings (SSSR count). The van der Waals surface area contributed by atoms with Crippen LogP contribution in [0.2, 0.25) is 0 Å². The number of thiazole rings is 1. The van der Waals surface area contributed by atoms with Crippen molar-refractivity contribution in [3.8, 4) is 22.1 Å². The highest BCUT2D eigenvalue weighted by molar-refractivity contribution is 7.13. The number of fused-ring (bicyclic) bond motifs is 1. The number of carbonyl (C=O) groups is 1. The summed E-state index contributed by atoms with van der Waals surface area (Å²) in [4.78, 5) is 16.5. The monoisotopic (exact) mass is 367 g/mol. The zero-order chi connectivity index (χ0) is 17.9. The largest absolute Gasteiger partial charge is 0.454 e. The summed E-state index contributed by atoms with van der Waals surface area (Å²) in [6.45, 7) is 2.15. The van der Waals surface area contributed by atoms with Gasteiger partial charge in [0.15, 0.2) is 11.5 Å². The van der Waals surface area contributed by atoms with E-state index < -0.39 is 0 Å². The Morgan fingerprint density at radius 1 is 1.15 bits per heavy atom. The van der Waals surface area contributed by atoms with Crippen molar-refractivity contribution in [3.63, 3.8) is 0 Å². The van der Waals surface area contributed by atoms with Crippen LogP contribution in [-0.2, 0) is 0 Å². The van der Waals surface area contributed by atoms with Crippen molar-refractivity contribution in [2.75, 3.05) is 12.1 Å². The number of urea groups is 1. The molecule has 0 aliphatic carbocycles. The van der Waals surface area contributed by atoms with Crippen LogP contribution in [0.25, 0.3) is 10.6 Å². The van der Waals surface area contributed by atoms with Gasteiger partial charge in [0.25, 0.3) is 0 Å². The molecule has 7 heteroatoms. The van der Waals surface area contributed by atoms with Crippen LogP contribution in [-0.4, -0.2) is 17.8 Å². The van der Waals surface area contributed by atoms with E-state index in [-0.39, 0.29) is 18.9 Å². The van der Waals surface area contributed by atoms with Gasteiger partial charge in [-0.25, -0.2) is 9.78 Å². The molecule has 1 aromatic heterocycles. The van der Waals surface area contributed by atoms with Gasteiger partial charge in [-0.1, -0.05) is 6.07 Å². The molecule has 1 aliphatic rings. The number of anilines is 1. The Balaban J connectivity index is 1.37. The van der Waals surface area contributed by atoms with Crippen LogP contribution in [0.4, 0.5) is 10.5 Å². The first kappa shape index (κ1) is 16.4. The smallest absolute Gasteiger partial charge is 0.319 e. The minimum absolute atomic E-state index is 0.168. The first-order valence-corrected chi connectivity index (χ1v) is 9.04. The second kappa shape index (κ2) is 7.05. The molecule has 3 aromatic rings. The van der Waals surface area contributed by atoms with Gasteiger partial charge in [0.1, 0.15) is 5.01 Å². The maximum absolute atomic E-state index is 12.3. The second-order valence-corrected chi connectivity index (χ2v) is 6.74. The Hall–Kier alpha value is -3.06. The molecule has 2 heterocycles. The Bertz CT molecular complexity index is 910. The summed E-state index contributed by atoms with van der Waals surface area (Å²) < 4.78 is 10.7. The van der Waals surface area contributed by atoms with Gasteiger partial charge in [0.05, 0.1) is 6.04 Å². The van der Waals surface area contributed by atoms with Crippen molar-refractivity contribution in [2.45, 2.75) is 13.0 Å². The first-order valence-electron chi connectivity index (χ1n) is 8.16. The van der Waals surface area contributed by atoms with E-state index in [0.29, 0.717) is 5.75 Å². The van der Waals surface area contributed by atoms with Gasteiger partial charge in [-0.05, 0) is 48.9 Å². The van der Waals surface area contributed by atoms with Gasteiger partial charge in [-0.3, -0.25) is 0 Å². The van der Waals surface area contributed by atoms with Crippen LogP contribution in [0.1, 0.15) is 18.5 Å². The third-order valence-electron chi connectivity index (χ3n) is 4.07. The van der Waals surface area contributed by atoms with Gasteiger partial charge in [0.2, 0.25) is 6.79 Å². The van der Waals surface area contributed by atoms with Gasteiger partial charge in [-0.2, -0.15) is 0 Å². The van der Waals surface area contributed by atoms with Crippen LogP contribution >= 0.6 is 11.3 Å². The Kier molecular flexibility index (Phi) is 4.45. The van der Waals surface area contributed by atoms with Gasteiger partial charge in [0, 0.05) is 22.8 Å². The zero-order valence-electron chi connectivity index (χ0n) is 14.1. The molecule has 1 unspecified atom stereocenters. The Morgan fingerprint density at radius 3 is 2.73 bits per heavy atom. The number of hydrogen-bond acceptors (Lipinski definition) is 5. The van der Waals surface area contributed by atoms with E-state index in [0.717, 1.165) is 27.6 Å². The lowest BCUT2D eigenvalue weighted by Crippen LogP contribution is -2.31. The molecule has 2 N–H and O–H groups in total. The molecule has 0 saturated heterocycles. The molecule has 26 heavy (non-hydrogen) atoms. The number of nitrogens with one attached hydrogen (secondary N) is 2. The number of ether oxygens (including phenoxy) is 2. The van der Waals surface area contributed by atoms with E-state index in [2.05, 4.69) is 15.6 Å². The lowest BCUT2D eigenvalue weighted by atomic mass is 10.1. The Morgan fingerprint density at radius 2 is 1.96 bits per heavy atom. The average Bonchev–Trinajstić information content (AvgIpc) is 3.33. The fourth-order valence-corrected chi connectivity index (χ4v) is 3.34. The summed E-state index contributed by atoms with van der Waals surface area (Å²) >= 11 is 1.58.